The van der Waals surface area contributed by atoms with Crippen LogP contribution in [0.5, 0.6) is 5.88 Å². The Labute approximate surface area is 199 Å². The van der Waals surface area contributed by atoms with E-state index in [1.807, 2.05) is 6.20 Å². The van der Waals surface area contributed by atoms with Gasteiger partial charge in [-0.1, -0.05) is 0 Å². The summed E-state index contributed by atoms with van der Waals surface area (Å²) in [5, 5.41) is 9.50. The van der Waals surface area contributed by atoms with Crippen molar-refractivity contribution in [2.45, 2.75) is 64.2 Å². The molecule has 0 amide bonds. The lowest BCUT2D eigenvalue weighted by molar-refractivity contribution is 0.120. The zero-order chi connectivity index (χ0) is 23.7. The third-order valence-corrected chi connectivity index (χ3v) is 7.03. The second kappa shape index (κ2) is 9.74. The van der Waals surface area contributed by atoms with Crippen molar-refractivity contribution in [1.82, 2.24) is 19.7 Å². The highest BCUT2D eigenvalue weighted by atomic mass is 19.1. The zero-order valence-electron chi connectivity index (χ0n) is 20.1. The molecular formula is C25H33FN6O2. The van der Waals surface area contributed by atoms with Crippen molar-refractivity contribution < 1.29 is 13.9 Å². The van der Waals surface area contributed by atoms with Gasteiger partial charge in [0.25, 0.3) is 5.88 Å². The summed E-state index contributed by atoms with van der Waals surface area (Å²) in [5.41, 5.74) is 1.65. The average molecular weight is 469 g/mol. The van der Waals surface area contributed by atoms with Crippen molar-refractivity contribution in [2.24, 2.45) is 0 Å². The molecule has 3 aromatic rings. The van der Waals surface area contributed by atoms with Crippen LogP contribution in [0.2, 0.25) is 0 Å². The van der Waals surface area contributed by atoms with Crippen molar-refractivity contribution in [3.8, 4) is 5.88 Å². The number of nitrogens with one attached hydrogen (secondary N) is 1. The topological polar surface area (TPSA) is 77.3 Å². The summed E-state index contributed by atoms with van der Waals surface area (Å²) < 4.78 is 28.0. The summed E-state index contributed by atoms with van der Waals surface area (Å²) in [5.74, 6) is 1.58. The van der Waals surface area contributed by atoms with Crippen LogP contribution >= 0.6 is 0 Å². The molecule has 1 aliphatic heterocycles. The number of halogens is 1. The molecule has 0 radical (unpaired) electrons. The number of fused-ring (bicyclic) bond motifs is 1. The Morgan fingerprint density at radius 3 is 2.71 bits per heavy atom. The molecular weight excluding hydrogens is 435 g/mol. The van der Waals surface area contributed by atoms with Crippen molar-refractivity contribution >= 4 is 22.5 Å². The van der Waals surface area contributed by atoms with E-state index in [2.05, 4.69) is 37.9 Å². The molecule has 1 saturated carbocycles. The normalized spacial score (nSPS) is 22.9. The van der Waals surface area contributed by atoms with Gasteiger partial charge in [0.1, 0.15) is 11.9 Å². The molecule has 0 bridgehead atoms. The van der Waals surface area contributed by atoms with Crippen molar-refractivity contribution in [3.05, 3.63) is 35.9 Å². The minimum absolute atomic E-state index is 0.0404. The largest absolute Gasteiger partial charge is 0.472 e. The molecule has 4 heterocycles. The fraction of sp³-hybridized carbons (Fsp3) is 0.560. The van der Waals surface area contributed by atoms with E-state index in [0.29, 0.717) is 5.56 Å². The highest BCUT2D eigenvalue weighted by molar-refractivity contribution is 5.91. The number of methoxy groups -OCH3 is 1. The fourth-order valence-electron chi connectivity index (χ4n) is 5.08. The molecule has 9 heteroatoms. The molecule has 182 valence electrons. The SMILES string of the molecule is CCNc1cc2c(cn1)c(N1CC[C@H](OC)C1)nn2C1CCC(Oc2nccc(C)c2F)CC1. The van der Waals surface area contributed by atoms with Crippen LogP contribution in [0.15, 0.2) is 24.5 Å². The lowest BCUT2D eigenvalue weighted by Gasteiger charge is -2.29. The van der Waals surface area contributed by atoms with E-state index in [0.717, 1.165) is 74.3 Å². The molecule has 2 fully saturated rings. The summed E-state index contributed by atoms with van der Waals surface area (Å²) in [6.07, 6.45) is 8.21. The van der Waals surface area contributed by atoms with Gasteiger partial charge in [0.2, 0.25) is 0 Å². The summed E-state index contributed by atoms with van der Waals surface area (Å²) in [4.78, 5) is 11.0. The van der Waals surface area contributed by atoms with E-state index < -0.39 is 0 Å². The maximum atomic E-state index is 14.4. The first kappa shape index (κ1) is 22.8. The minimum atomic E-state index is -0.365. The summed E-state index contributed by atoms with van der Waals surface area (Å²) in [6, 6.07) is 4.02. The van der Waals surface area contributed by atoms with Gasteiger partial charge in [-0.05, 0) is 57.6 Å². The van der Waals surface area contributed by atoms with E-state index in [9.17, 15) is 4.39 Å². The van der Waals surface area contributed by atoms with Crippen LogP contribution in [0, 0.1) is 12.7 Å². The van der Waals surface area contributed by atoms with Crippen LogP contribution in [-0.4, -0.2) is 58.7 Å². The molecule has 1 saturated heterocycles. The summed E-state index contributed by atoms with van der Waals surface area (Å²) >= 11 is 0. The smallest absolute Gasteiger partial charge is 0.250 e. The lowest BCUT2D eigenvalue weighted by atomic mass is 9.93. The average Bonchev–Trinajstić information content (AvgIpc) is 3.47. The molecule has 3 aromatic heterocycles. The highest BCUT2D eigenvalue weighted by Gasteiger charge is 2.30. The van der Waals surface area contributed by atoms with E-state index >= 15 is 0 Å². The second-order valence-corrected chi connectivity index (χ2v) is 9.27. The highest BCUT2D eigenvalue weighted by Crippen LogP contribution is 2.37. The Morgan fingerprint density at radius 2 is 1.97 bits per heavy atom. The first-order valence-corrected chi connectivity index (χ1v) is 12.2. The van der Waals surface area contributed by atoms with Gasteiger partial charge < -0.3 is 19.7 Å². The third-order valence-electron chi connectivity index (χ3n) is 7.03. The number of aromatic nitrogens is 4. The molecule has 1 N–H and O–H groups in total. The van der Waals surface area contributed by atoms with Crippen LogP contribution in [0.1, 0.15) is 50.6 Å². The van der Waals surface area contributed by atoms with Crippen LogP contribution < -0.4 is 15.0 Å². The van der Waals surface area contributed by atoms with Gasteiger partial charge in [-0.2, -0.15) is 5.10 Å². The van der Waals surface area contributed by atoms with Crippen LogP contribution in [0.4, 0.5) is 16.0 Å². The van der Waals surface area contributed by atoms with Gasteiger partial charge in [-0.25, -0.2) is 14.4 Å². The fourth-order valence-corrected chi connectivity index (χ4v) is 5.08. The number of ether oxygens (including phenoxy) is 2. The predicted octanol–water partition coefficient (Wildman–Crippen LogP) is 4.49. The Morgan fingerprint density at radius 1 is 1.15 bits per heavy atom. The van der Waals surface area contributed by atoms with Gasteiger partial charge in [0.15, 0.2) is 11.6 Å². The Kier molecular flexibility index (Phi) is 6.54. The molecule has 5 rings (SSSR count). The summed E-state index contributed by atoms with van der Waals surface area (Å²) in [7, 11) is 1.77. The Bertz CT molecular complexity index is 1140. The van der Waals surface area contributed by atoms with E-state index in [1.165, 1.54) is 0 Å². The number of pyridine rings is 2. The van der Waals surface area contributed by atoms with E-state index in [4.69, 9.17) is 14.6 Å². The number of nitrogens with zero attached hydrogens (tertiary/aromatic N) is 5. The quantitative estimate of drug-likeness (QED) is 0.547. The number of hydrogen-bond acceptors (Lipinski definition) is 7. The number of rotatable bonds is 7. The van der Waals surface area contributed by atoms with Crippen molar-refractivity contribution in [3.63, 3.8) is 0 Å². The summed E-state index contributed by atoms with van der Waals surface area (Å²) in [6.45, 7) is 6.37. The number of hydrogen-bond donors (Lipinski definition) is 1. The van der Waals surface area contributed by atoms with Gasteiger partial charge in [0, 0.05) is 45.2 Å². The van der Waals surface area contributed by atoms with Crippen LogP contribution in [-0.2, 0) is 4.74 Å². The first-order valence-electron chi connectivity index (χ1n) is 12.2. The van der Waals surface area contributed by atoms with E-state index in [1.54, 1.807) is 26.3 Å². The van der Waals surface area contributed by atoms with Gasteiger partial charge in [-0.3, -0.25) is 4.68 Å². The lowest BCUT2D eigenvalue weighted by Crippen LogP contribution is -2.27. The second-order valence-electron chi connectivity index (χ2n) is 9.27. The maximum Gasteiger partial charge on any atom is 0.250 e. The number of aryl methyl sites for hydroxylation is 1. The molecule has 1 atom stereocenters. The molecule has 0 aromatic carbocycles. The standard InChI is InChI=1S/C25H33FN6O2/c1-4-27-22-13-21-20(14-29-22)24(31-12-10-19(15-31)33-3)30-32(21)17-5-7-18(8-6-17)34-25-23(26)16(2)9-11-28-25/h9,11,13-14,17-19H,4-8,10,12,15H2,1-3H3,(H,27,29)/t17?,18?,19-/m0/s1. The van der Waals surface area contributed by atoms with Crippen LogP contribution in [0.25, 0.3) is 10.9 Å². The van der Waals surface area contributed by atoms with Gasteiger partial charge in [-0.15, -0.1) is 0 Å². The third kappa shape index (κ3) is 4.41. The monoisotopic (exact) mass is 468 g/mol. The molecule has 34 heavy (non-hydrogen) atoms. The van der Waals surface area contributed by atoms with Crippen molar-refractivity contribution in [1.29, 1.82) is 0 Å². The number of anilines is 2. The molecule has 0 spiro atoms. The molecule has 1 aliphatic carbocycles. The van der Waals surface area contributed by atoms with E-state index in [-0.39, 0.29) is 29.9 Å². The van der Waals surface area contributed by atoms with Crippen molar-refractivity contribution in [2.75, 3.05) is 37.0 Å². The minimum Gasteiger partial charge on any atom is -0.472 e. The molecule has 2 aliphatic rings. The Balaban J connectivity index is 1.37. The Hall–Kier alpha value is -2.94. The van der Waals surface area contributed by atoms with Gasteiger partial charge >= 0.3 is 0 Å². The maximum absolute atomic E-state index is 14.4. The zero-order valence-corrected chi connectivity index (χ0v) is 20.1. The predicted molar refractivity (Wildman–Crippen MR) is 130 cm³/mol. The molecule has 0 unspecified atom stereocenters. The first-order chi connectivity index (χ1) is 16.6. The van der Waals surface area contributed by atoms with Gasteiger partial charge in [0.05, 0.1) is 23.0 Å². The van der Waals surface area contributed by atoms with Crippen LogP contribution in [0.3, 0.4) is 0 Å². The molecule has 8 nitrogen and oxygen atoms in total.